The number of para-hydroxylation sites is 1. The van der Waals surface area contributed by atoms with Crippen LogP contribution in [0.2, 0.25) is 0 Å². The zero-order chi connectivity index (χ0) is 33.2. The average molecular weight is 519 g/mol. The maximum atomic E-state index is 9.16. The Labute approximate surface area is 240 Å². The number of furan rings is 2. The summed E-state index contributed by atoms with van der Waals surface area (Å²) in [6, 6.07) is 23.1. The van der Waals surface area contributed by atoms with Gasteiger partial charge in [0.1, 0.15) is 11.2 Å². The van der Waals surface area contributed by atoms with E-state index in [9.17, 15) is 0 Å². The van der Waals surface area contributed by atoms with Crippen LogP contribution in [0.25, 0.3) is 87.7 Å². The van der Waals surface area contributed by atoms with Gasteiger partial charge in [-0.25, -0.2) is 0 Å². The first-order chi connectivity index (χ1) is 23.2. The summed E-state index contributed by atoms with van der Waals surface area (Å²) >= 11 is 0. The predicted octanol–water partition coefficient (Wildman–Crippen LogP) is 11.1. The molecule has 186 valence electrons. The molecule has 40 heavy (non-hydrogen) atoms. The molecule has 0 N–H and O–H groups in total. The second kappa shape index (κ2) is 8.08. The summed E-state index contributed by atoms with van der Waals surface area (Å²) in [6.45, 7) is 0. The summed E-state index contributed by atoms with van der Waals surface area (Å²) in [6.07, 6.45) is 0. The molecule has 2 heteroatoms. The van der Waals surface area contributed by atoms with Crippen LogP contribution in [0.4, 0.5) is 0 Å². The van der Waals surface area contributed by atoms with E-state index in [-0.39, 0.29) is 45.7 Å². The molecule has 0 fully saturated rings. The van der Waals surface area contributed by atoms with Crippen molar-refractivity contribution >= 4 is 65.4 Å². The Morgan fingerprint density at radius 3 is 1.57 bits per heavy atom. The lowest BCUT2D eigenvalue weighted by Crippen LogP contribution is -1.90. The highest BCUT2D eigenvalue weighted by Gasteiger charge is 2.19. The minimum atomic E-state index is -0.435. The van der Waals surface area contributed by atoms with Gasteiger partial charge >= 0.3 is 0 Å². The smallest absolute Gasteiger partial charge is 0.178 e. The molecular formula is C38H22O2. The zero-order valence-electron chi connectivity index (χ0n) is 28.9. The van der Waals surface area contributed by atoms with Crippen molar-refractivity contribution in [1.82, 2.24) is 0 Å². The van der Waals surface area contributed by atoms with Gasteiger partial charge in [0.2, 0.25) is 0 Å². The molecule has 0 saturated heterocycles. The first-order valence-electron chi connectivity index (χ1n) is 17.0. The SMILES string of the molecule is [2H]c1c([2H])c([2H])c2c(-c3ccc4oc5c(ccc6c7ccccc7oc65)c4c3)c3c([2H])c([2H])c([2H])c([2H])c3c(-c3ccccc3)c2c1[2H]. The fourth-order valence-electron chi connectivity index (χ4n) is 5.98. The molecule has 9 rings (SSSR count). The van der Waals surface area contributed by atoms with Crippen molar-refractivity contribution < 1.29 is 19.8 Å². The van der Waals surface area contributed by atoms with Gasteiger partial charge in [-0.1, -0.05) is 103 Å². The molecule has 2 aromatic heterocycles. The summed E-state index contributed by atoms with van der Waals surface area (Å²) in [5.74, 6) is 0. The van der Waals surface area contributed by atoms with E-state index in [0.29, 0.717) is 39.0 Å². The van der Waals surface area contributed by atoms with Crippen LogP contribution in [0, 0.1) is 0 Å². The number of fused-ring (bicyclic) bond motifs is 9. The molecule has 9 aromatic rings. The van der Waals surface area contributed by atoms with E-state index in [1.807, 2.05) is 48.5 Å². The van der Waals surface area contributed by atoms with Gasteiger partial charge in [-0.2, -0.15) is 0 Å². The van der Waals surface area contributed by atoms with Crippen molar-refractivity contribution in [2.45, 2.75) is 0 Å². The molecule has 0 amide bonds. The van der Waals surface area contributed by atoms with Crippen LogP contribution in [0.1, 0.15) is 11.0 Å². The Hall–Kier alpha value is -5.34. The summed E-state index contributed by atoms with van der Waals surface area (Å²) in [5, 5.41) is 4.08. The van der Waals surface area contributed by atoms with E-state index < -0.39 is 24.2 Å². The molecule has 0 radical (unpaired) electrons. The molecule has 0 unspecified atom stereocenters. The minimum Gasteiger partial charge on any atom is -0.452 e. The number of hydrogen-bond acceptors (Lipinski definition) is 2. The molecular weight excluding hydrogens is 488 g/mol. The van der Waals surface area contributed by atoms with E-state index >= 15 is 0 Å². The van der Waals surface area contributed by atoms with Crippen LogP contribution in [0.5, 0.6) is 0 Å². The Bertz CT molecular complexity index is 2790. The summed E-state index contributed by atoms with van der Waals surface area (Å²) in [7, 11) is 0. The van der Waals surface area contributed by atoms with Crippen LogP contribution >= 0.6 is 0 Å². The highest BCUT2D eigenvalue weighted by molar-refractivity contribution is 6.23. The van der Waals surface area contributed by atoms with Gasteiger partial charge in [0.15, 0.2) is 11.2 Å². The monoisotopic (exact) mass is 518 g/mol. The van der Waals surface area contributed by atoms with E-state index in [2.05, 4.69) is 0 Å². The Morgan fingerprint density at radius 2 is 0.925 bits per heavy atom. The molecule has 0 atom stereocenters. The van der Waals surface area contributed by atoms with Gasteiger partial charge in [0.05, 0.1) is 11.0 Å². The maximum Gasteiger partial charge on any atom is 0.178 e. The van der Waals surface area contributed by atoms with E-state index in [4.69, 9.17) is 19.8 Å². The third kappa shape index (κ3) is 2.93. The van der Waals surface area contributed by atoms with Gasteiger partial charge < -0.3 is 8.83 Å². The van der Waals surface area contributed by atoms with Gasteiger partial charge in [-0.15, -0.1) is 0 Å². The van der Waals surface area contributed by atoms with Crippen LogP contribution < -0.4 is 0 Å². The van der Waals surface area contributed by atoms with Crippen LogP contribution in [-0.2, 0) is 0 Å². The number of hydrogen-bond donors (Lipinski definition) is 0. The molecule has 0 spiro atoms. The van der Waals surface area contributed by atoms with Crippen molar-refractivity contribution in [2.75, 3.05) is 0 Å². The molecule has 2 heterocycles. The summed E-state index contributed by atoms with van der Waals surface area (Å²) < 4.78 is 83.6. The van der Waals surface area contributed by atoms with Crippen molar-refractivity contribution in [2.24, 2.45) is 0 Å². The van der Waals surface area contributed by atoms with Gasteiger partial charge in [-0.3, -0.25) is 0 Å². The van der Waals surface area contributed by atoms with Crippen LogP contribution in [-0.4, -0.2) is 0 Å². The Balaban J connectivity index is 1.49. The first-order valence-corrected chi connectivity index (χ1v) is 13.0. The second-order valence-electron chi connectivity index (χ2n) is 9.85. The largest absolute Gasteiger partial charge is 0.452 e. The second-order valence-corrected chi connectivity index (χ2v) is 9.85. The molecule has 0 aliphatic heterocycles. The molecule has 7 aromatic carbocycles. The van der Waals surface area contributed by atoms with E-state index in [1.54, 1.807) is 36.4 Å². The maximum absolute atomic E-state index is 9.16. The lowest BCUT2D eigenvalue weighted by atomic mass is 9.86. The summed E-state index contributed by atoms with van der Waals surface area (Å²) in [5.41, 5.74) is 4.18. The van der Waals surface area contributed by atoms with Crippen molar-refractivity contribution in [3.05, 3.63) is 133 Å². The number of rotatable bonds is 2. The number of benzene rings is 7. The van der Waals surface area contributed by atoms with Gasteiger partial charge in [0, 0.05) is 21.5 Å². The molecule has 2 nitrogen and oxygen atoms in total. The van der Waals surface area contributed by atoms with Crippen LogP contribution in [0.15, 0.2) is 142 Å². The molecule has 0 aliphatic rings. The van der Waals surface area contributed by atoms with Crippen molar-refractivity contribution in [3.8, 4) is 22.3 Å². The molecule has 0 saturated carbocycles. The third-order valence-corrected chi connectivity index (χ3v) is 7.71. The lowest BCUT2D eigenvalue weighted by Gasteiger charge is -2.17. The highest BCUT2D eigenvalue weighted by atomic mass is 16.4. The fourth-order valence-corrected chi connectivity index (χ4v) is 5.98. The topological polar surface area (TPSA) is 26.3 Å². The molecule has 0 bridgehead atoms. The first kappa shape index (κ1) is 15.3. The van der Waals surface area contributed by atoms with Crippen molar-refractivity contribution in [1.29, 1.82) is 0 Å². The normalized spacial score (nSPS) is 14.8. The summed E-state index contributed by atoms with van der Waals surface area (Å²) in [4.78, 5) is 0. The van der Waals surface area contributed by atoms with E-state index in [1.165, 1.54) is 0 Å². The lowest BCUT2D eigenvalue weighted by molar-refractivity contribution is 0.633. The fraction of sp³-hybridized carbons (Fsp3) is 0. The minimum absolute atomic E-state index is 0.171. The third-order valence-electron chi connectivity index (χ3n) is 7.71. The van der Waals surface area contributed by atoms with E-state index in [0.717, 1.165) is 27.1 Å². The zero-order valence-corrected chi connectivity index (χ0v) is 20.9. The Morgan fingerprint density at radius 1 is 0.400 bits per heavy atom. The van der Waals surface area contributed by atoms with Gasteiger partial charge in [0.25, 0.3) is 0 Å². The Kier molecular flexibility index (Phi) is 3.09. The highest BCUT2D eigenvalue weighted by Crippen LogP contribution is 2.45. The average Bonchev–Trinajstić information content (AvgIpc) is 3.68. The quantitative estimate of drug-likeness (QED) is 0.213. The molecule has 0 aliphatic carbocycles. The van der Waals surface area contributed by atoms with Gasteiger partial charge in [-0.05, 0) is 74.1 Å². The predicted molar refractivity (Wildman–Crippen MR) is 167 cm³/mol. The van der Waals surface area contributed by atoms with Crippen molar-refractivity contribution in [3.63, 3.8) is 0 Å². The van der Waals surface area contributed by atoms with Crippen LogP contribution in [0.3, 0.4) is 0 Å². The standard InChI is InChI=1S/C38H22O2/c1-2-10-23(11-3-1)35-26-13-4-6-15-28(26)36(29-16-7-5-14-27(29)35)24-18-21-34-32(22-24)31-20-19-30-25-12-8-9-17-33(25)39-37(30)38(31)40-34/h1-22H/i4D,5D,6D,7D,13D,14D,15D,16D.